The lowest BCUT2D eigenvalue weighted by atomic mass is 10.1. The lowest BCUT2D eigenvalue weighted by molar-refractivity contribution is -0.137. The molecule has 0 aliphatic rings. The lowest BCUT2D eigenvalue weighted by Gasteiger charge is -2.10. The van der Waals surface area contributed by atoms with Crippen LogP contribution in [0.2, 0.25) is 0 Å². The highest BCUT2D eigenvalue weighted by Gasteiger charge is 2.33. The van der Waals surface area contributed by atoms with Crippen LogP contribution in [0.25, 0.3) is 0 Å². The van der Waals surface area contributed by atoms with Gasteiger partial charge in [0.1, 0.15) is 0 Å². The molecule has 0 radical (unpaired) electrons. The van der Waals surface area contributed by atoms with Gasteiger partial charge in [0.05, 0.1) is 23.7 Å². The first-order valence-electron chi connectivity index (χ1n) is 5.50. The average Bonchev–Trinajstić information content (AvgIpc) is 2.65. The highest BCUT2D eigenvalue weighted by Crippen LogP contribution is 2.32. The first-order chi connectivity index (χ1) is 9.27. The molecule has 2 aromatic rings. The fraction of sp³-hybridized carbons (Fsp3) is 0.167. The number of nitrogens with two attached hydrogens (primary N) is 1. The summed E-state index contributed by atoms with van der Waals surface area (Å²) >= 11 is 1.83. The van der Waals surface area contributed by atoms with Crippen LogP contribution in [0, 0.1) is 10.5 Å². The van der Waals surface area contributed by atoms with Gasteiger partial charge in [0.2, 0.25) is 5.95 Å². The standard InChI is InChI=1S/C12H10F3IN4/c1-7-6-20(11(17)19-7)18-5-8-2-3-9(16)4-10(8)12(13,14)15/h2-6H,1H3,(H2,17,19). The van der Waals surface area contributed by atoms with Crippen molar-refractivity contribution in [1.29, 1.82) is 0 Å². The van der Waals surface area contributed by atoms with E-state index in [9.17, 15) is 13.2 Å². The Labute approximate surface area is 126 Å². The van der Waals surface area contributed by atoms with Crippen molar-refractivity contribution in [1.82, 2.24) is 9.66 Å². The SMILES string of the molecule is Cc1cn(N=Cc2ccc(I)cc2C(F)(F)F)c(N)n1. The van der Waals surface area contributed by atoms with E-state index in [1.54, 1.807) is 13.0 Å². The van der Waals surface area contributed by atoms with Gasteiger partial charge in [0.25, 0.3) is 0 Å². The highest BCUT2D eigenvalue weighted by atomic mass is 127. The van der Waals surface area contributed by atoms with Gasteiger partial charge in [-0.05, 0) is 41.6 Å². The fourth-order valence-electron chi connectivity index (χ4n) is 1.61. The van der Waals surface area contributed by atoms with Crippen LogP contribution >= 0.6 is 22.6 Å². The Kier molecular flexibility index (Phi) is 4.02. The summed E-state index contributed by atoms with van der Waals surface area (Å²) in [6, 6.07) is 4.03. The van der Waals surface area contributed by atoms with Crippen LogP contribution in [-0.2, 0) is 6.18 Å². The Morgan fingerprint density at radius 3 is 2.65 bits per heavy atom. The highest BCUT2D eigenvalue weighted by molar-refractivity contribution is 14.1. The van der Waals surface area contributed by atoms with Gasteiger partial charge in [0, 0.05) is 9.13 Å². The number of aryl methyl sites for hydroxylation is 1. The molecule has 0 saturated heterocycles. The van der Waals surface area contributed by atoms with Gasteiger partial charge in [-0.2, -0.15) is 18.3 Å². The Morgan fingerprint density at radius 2 is 2.10 bits per heavy atom. The summed E-state index contributed by atoms with van der Waals surface area (Å²) < 4.78 is 40.5. The van der Waals surface area contributed by atoms with Gasteiger partial charge in [-0.1, -0.05) is 6.07 Å². The van der Waals surface area contributed by atoms with Gasteiger partial charge in [-0.3, -0.25) is 0 Å². The largest absolute Gasteiger partial charge is 0.417 e. The number of hydrogen-bond donors (Lipinski definition) is 1. The van der Waals surface area contributed by atoms with Crippen LogP contribution in [0.1, 0.15) is 16.8 Å². The van der Waals surface area contributed by atoms with Gasteiger partial charge in [0.15, 0.2) is 0 Å². The predicted octanol–water partition coefficient (Wildman–Crippen LogP) is 3.28. The summed E-state index contributed by atoms with van der Waals surface area (Å²) in [5, 5.41) is 3.90. The summed E-state index contributed by atoms with van der Waals surface area (Å²) in [6.45, 7) is 1.72. The molecule has 2 N–H and O–H groups in total. The van der Waals surface area contributed by atoms with E-state index in [0.29, 0.717) is 9.26 Å². The third-order valence-corrected chi connectivity index (χ3v) is 3.15. The van der Waals surface area contributed by atoms with E-state index in [4.69, 9.17) is 5.73 Å². The van der Waals surface area contributed by atoms with Crippen molar-refractivity contribution in [3.05, 3.63) is 44.8 Å². The zero-order chi connectivity index (χ0) is 14.9. The number of nitrogens with zero attached hydrogens (tertiary/aromatic N) is 3. The Hall–Kier alpha value is -1.58. The molecular weight excluding hydrogens is 384 g/mol. The normalized spacial score (nSPS) is 12.2. The Bertz CT molecular complexity index is 661. The van der Waals surface area contributed by atoms with Crippen LogP contribution in [0.4, 0.5) is 19.1 Å². The van der Waals surface area contributed by atoms with Crippen LogP contribution < -0.4 is 5.73 Å². The maximum atomic E-state index is 12.9. The zero-order valence-corrected chi connectivity index (χ0v) is 12.5. The van der Waals surface area contributed by atoms with E-state index in [2.05, 4.69) is 10.1 Å². The Balaban J connectivity index is 2.41. The van der Waals surface area contributed by atoms with Crippen molar-refractivity contribution in [3.63, 3.8) is 0 Å². The lowest BCUT2D eigenvalue weighted by Crippen LogP contribution is -2.09. The number of hydrogen-bond acceptors (Lipinski definition) is 3. The van der Waals surface area contributed by atoms with Crippen molar-refractivity contribution in [3.8, 4) is 0 Å². The van der Waals surface area contributed by atoms with Crippen LogP contribution in [0.3, 0.4) is 0 Å². The number of aromatic nitrogens is 2. The van der Waals surface area contributed by atoms with E-state index in [1.165, 1.54) is 16.9 Å². The van der Waals surface area contributed by atoms with E-state index in [0.717, 1.165) is 12.3 Å². The number of nitrogen functional groups attached to an aromatic ring is 1. The number of anilines is 1. The van der Waals surface area contributed by atoms with Gasteiger partial charge in [-0.25, -0.2) is 9.66 Å². The van der Waals surface area contributed by atoms with Crippen LogP contribution in [0.15, 0.2) is 29.5 Å². The van der Waals surface area contributed by atoms with Crippen molar-refractivity contribution in [2.45, 2.75) is 13.1 Å². The molecule has 0 aliphatic heterocycles. The van der Waals surface area contributed by atoms with Crippen LogP contribution in [-0.4, -0.2) is 15.9 Å². The molecule has 4 nitrogen and oxygen atoms in total. The van der Waals surface area contributed by atoms with E-state index in [-0.39, 0.29) is 11.5 Å². The predicted molar refractivity (Wildman–Crippen MR) is 78.5 cm³/mol. The molecule has 0 aliphatic carbocycles. The van der Waals surface area contributed by atoms with Crippen molar-refractivity contribution >= 4 is 34.8 Å². The number of benzene rings is 1. The quantitative estimate of drug-likeness (QED) is 0.628. The molecule has 20 heavy (non-hydrogen) atoms. The van der Waals surface area contributed by atoms with E-state index in [1.807, 2.05) is 22.6 Å². The van der Waals surface area contributed by atoms with Crippen LogP contribution in [0.5, 0.6) is 0 Å². The maximum Gasteiger partial charge on any atom is 0.417 e. The summed E-state index contributed by atoms with van der Waals surface area (Å²) in [6.07, 6.45) is -1.78. The number of rotatable bonds is 2. The molecule has 8 heteroatoms. The van der Waals surface area contributed by atoms with Crippen molar-refractivity contribution in [2.75, 3.05) is 5.73 Å². The molecule has 0 saturated carbocycles. The van der Waals surface area contributed by atoms with Gasteiger partial charge < -0.3 is 5.73 Å². The molecule has 0 amide bonds. The van der Waals surface area contributed by atoms with Crippen molar-refractivity contribution in [2.24, 2.45) is 5.10 Å². The molecule has 1 aromatic carbocycles. The summed E-state index contributed by atoms with van der Waals surface area (Å²) in [4.78, 5) is 3.91. The third kappa shape index (κ3) is 3.30. The summed E-state index contributed by atoms with van der Waals surface area (Å²) in [5.41, 5.74) is 5.45. The monoisotopic (exact) mass is 394 g/mol. The third-order valence-electron chi connectivity index (χ3n) is 2.48. The second-order valence-corrected chi connectivity index (χ2v) is 5.30. The van der Waals surface area contributed by atoms with Gasteiger partial charge >= 0.3 is 6.18 Å². The minimum atomic E-state index is -4.43. The molecule has 2 rings (SSSR count). The topological polar surface area (TPSA) is 56.2 Å². The smallest absolute Gasteiger partial charge is 0.368 e. The second kappa shape index (κ2) is 5.43. The minimum absolute atomic E-state index is 0.0244. The first kappa shape index (κ1) is 14.8. The van der Waals surface area contributed by atoms with E-state index < -0.39 is 11.7 Å². The van der Waals surface area contributed by atoms with E-state index >= 15 is 0 Å². The number of halogens is 4. The average molecular weight is 394 g/mol. The molecule has 0 fully saturated rings. The zero-order valence-electron chi connectivity index (χ0n) is 10.3. The first-order valence-corrected chi connectivity index (χ1v) is 6.58. The molecule has 106 valence electrons. The second-order valence-electron chi connectivity index (χ2n) is 4.06. The molecule has 0 atom stereocenters. The molecule has 0 bridgehead atoms. The minimum Gasteiger partial charge on any atom is -0.368 e. The summed E-state index contributed by atoms with van der Waals surface area (Å²) in [5.74, 6) is 0.123. The molecular formula is C12H10F3IN4. The number of imidazole rings is 1. The van der Waals surface area contributed by atoms with Gasteiger partial charge in [-0.15, -0.1) is 0 Å². The molecule has 0 unspecified atom stereocenters. The Morgan fingerprint density at radius 1 is 1.40 bits per heavy atom. The van der Waals surface area contributed by atoms with Crippen molar-refractivity contribution < 1.29 is 13.2 Å². The molecule has 0 spiro atoms. The molecule has 1 aromatic heterocycles. The maximum absolute atomic E-state index is 12.9. The molecule has 1 heterocycles. The summed E-state index contributed by atoms with van der Waals surface area (Å²) in [7, 11) is 0. The fourth-order valence-corrected chi connectivity index (χ4v) is 2.10. The number of alkyl halides is 3.